The van der Waals surface area contributed by atoms with Gasteiger partial charge in [0.25, 0.3) is 0 Å². The van der Waals surface area contributed by atoms with Crippen molar-refractivity contribution in [3.8, 4) is 0 Å². The van der Waals surface area contributed by atoms with E-state index in [1.54, 1.807) is 4.90 Å². The molecular weight excluding hydrogens is 850 g/mol. The number of alkyl carbamates (subject to hydrolysis) is 2. The molecule has 10 atom stereocenters. The summed E-state index contributed by atoms with van der Waals surface area (Å²) in [7, 11) is -1.00. The fraction of sp³-hybridized carbons (Fsp3) is 0.706. The molecule has 10 aliphatic rings. The highest BCUT2D eigenvalue weighted by molar-refractivity contribution is 6.48. The van der Waals surface area contributed by atoms with Gasteiger partial charge in [-0.2, -0.15) is 0 Å². The van der Waals surface area contributed by atoms with Gasteiger partial charge in [-0.3, -0.25) is 0 Å². The number of hydrogen-bond donors (Lipinski definition) is 3. The second-order valence-electron chi connectivity index (χ2n) is 23.7. The molecule has 4 aliphatic heterocycles. The van der Waals surface area contributed by atoms with Gasteiger partial charge >= 0.3 is 32.5 Å². The molecule has 3 N–H and O–H groups in total. The molecule has 0 unspecified atom stereocenters. The average Bonchev–Trinajstić information content (AvgIpc) is 3.79. The van der Waals surface area contributed by atoms with Crippen LogP contribution in [0.5, 0.6) is 0 Å². The highest BCUT2D eigenvalue weighted by atomic mass is 16.7. The maximum Gasteiger partial charge on any atom is 0.482 e. The lowest BCUT2D eigenvalue weighted by atomic mass is 9.45. The minimum Gasteiger partial charge on any atom is -0.449 e. The fourth-order valence-corrected chi connectivity index (χ4v) is 12.4. The van der Waals surface area contributed by atoms with E-state index in [0.29, 0.717) is 67.5 Å². The summed E-state index contributed by atoms with van der Waals surface area (Å²) in [6, 6.07) is 20.2. The second kappa shape index (κ2) is 18.5. The molecular formula is C51H74B2N4O10. The first-order valence-electron chi connectivity index (χ1n) is 25.0. The molecule has 6 saturated carbocycles. The summed E-state index contributed by atoms with van der Waals surface area (Å²) in [6.45, 7) is 22.8. The highest BCUT2D eigenvalue weighted by Crippen LogP contribution is 2.66. The van der Waals surface area contributed by atoms with Crippen molar-refractivity contribution < 1.29 is 47.2 Å². The first-order chi connectivity index (χ1) is 31.7. The molecule has 4 bridgehead atoms. The van der Waals surface area contributed by atoms with Gasteiger partial charge in [-0.05, 0) is 119 Å². The molecule has 14 nitrogen and oxygen atoms in total. The monoisotopic (exact) mass is 925 g/mol. The fourth-order valence-electron chi connectivity index (χ4n) is 12.4. The van der Waals surface area contributed by atoms with Crippen LogP contribution in [0.2, 0.25) is 0 Å². The van der Waals surface area contributed by atoms with E-state index in [4.69, 9.17) is 32.8 Å². The molecule has 0 spiro atoms. The Bertz CT molecular complexity index is 2090. The van der Waals surface area contributed by atoms with E-state index in [1.807, 2.05) is 69.3 Å². The quantitative estimate of drug-likeness (QED) is 0.146. The predicted molar refractivity (Wildman–Crippen MR) is 255 cm³/mol. The van der Waals surface area contributed by atoms with Crippen molar-refractivity contribution in [3.63, 3.8) is 0 Å². The van der Waals surface area contributed by atoms with E-state index in [2.05, 4.69) is 69.6 Å². The molecule has 364 valence electrons. The van der Waals surface area contributed by atoms with Gasteiger partial charge in [0.1, 0.15) is 5.60 Å². The van der Waals surface area contributed by atoms with Crippen LogP contribution < -0.4 is 16.0 Å². The Kier molecular flexibility index (Phi) is 13.3. The predicted octanol–water partition coefficient (Wildman–Crippen LogP) is 7.27. The van der Waals surface area contributed by atoms with E-state index in [-0.39, 0.29) is 65.4 Å². The molecule has 4 saturated heterocycles. The molecule has 2 aromatic carbocycles. The van der Waals surface area contributed by atoms with Crippen LogP contribution in [-0.4, -0.2) is 118 Å². The Hall–Kier alpha value is -3.82. The molecule has 2 aromatic rings. The lowest BCUT2D eigenvalue weighted by Crippen LogP contribution is -2.63. The normalized spacial score (nSPS) is 32.8. The van der Waals surface area contributed by atoms with Gasteiger partial charge in [-0.15, -0.1) is 0 Å². The molecule has 10 fully saturated rings. The summed E-state index contributed by atoms with van der Waals surface area (Å²) in [4.78, 5) is 39.2. The van der Waals surface area contributed by atoms with Gasteiger partial charge in [0, 0.05) is 38.0 Å². The first-order valence-corrected chi connectivity index (χ1v) is 25.0. The molecule has 12 rings (SSSR count). The summed E-state index contributed by atoms with van der Waals surface area (Å²) in [5.74, 6) is 2.17. The first kappa shape index (κ1) is 48.2. The number of nitrogens with one attached hydrogen (secondary N) is 3. The number of hydrogen-bond acceptors (Lipinski definition) is 11. The summed E-state index contributed by atoms with van der Waals surface area (Å²) in [5, 5.41) is 9.29. The van der Waals surface area contributed by atoms with Crippen molar-refractivity contribution in [2.45, 2.75) is 142 Å². The van der Waals surface area contributed by atoms with Crippen molar-refractivity contribution in [2.75, 3.05) is 39.4 Å². The van der Waals surface area contributed by atoms with Gasteiger partial charge in [0.15, 0.2) is 0 Å². The van der Waals surface area contributed by atoms with Gasteiger partial charge in [0.2, 0.25) is 0 Å². The lowest BCUT2D eigenvalue weighted by molar-refractivity contribution is -0.185. The summed E-state index contributed by atoms with van der Waals surface area (Å²) >= 11 is 0. The molecule has 3 amide bonds. The number of ether oxygens (including phenoxy) is 3. The molecule has 6 aliphatic carbocycles. The molecule has 0 aromatic heterocycles. The van der Waals surface area contributed by atoms with Crippen molar-refractivity contribution in [3.05, 3.63) is 71.8 Å². The number of benzene rings is 2. The summed E-state index contributed by atoms with van der Waals surface area (Å²) in [6.07, 6.45) is 4.53. The van der Waals surface area contributed by atoms with Gasteiger partial charge < -0.3 is 53.7 Å². The van der Waals surface area contributed by atoms with Crippen LogP contribution in [0.1, 0.15) is 99.1 Å². The minimum atomic E-state index is -0.538. The smallest absolute Gasteiger partial charge is 0.449 e. The van der Waals surface area contributed by atoms with Crippen LogP contribution in [0.3, 0.4) is 0 Å². The second-order valence-corrected chi connectivity index (χ2v) is 23.7. The van der Waals surface area contributed by atoms with Gasteiger partial charge in [0.05, 0.1) is 48.5 Å². The van der Waals surface area contributed by atoms with Crippen molar-refractivity contribution in [2.24, 2.45) is 46.3 Å². The highest BCUT2D eigenvalue weighted by Gasteiger charge is 2.69. The van der Waals surface area contributed by atoms with E-state index in [9.17, 15) is 14.4 Å². The van der Waals surface area contributed by atoms with Crippen LogP contribution in [0, 0.1) is 46.3 Å². The SMILES string of the molecule is CC(C)(C)OC(=O)N1CC(COC(=O)N[C@@H](Cc2ccccc2)B2O[C@H]3[C@H]4C[C@@H](C[C@@]3(C)O2)C4(C)C)C1.CC1(C)[C@H]2C[C@@H]1[C@@H]1OB([C@H](Cc3ccccc3)NC(=O)OCC3CNC3)O[C@]1(C)C2. The van der Waals surface area contributed by atoms with E-state index < -0.39 is 25.9 Å². The summed E-state index contributed by atoms with van der Waals surface area (Å²) < 4.78 is 42.7. The van der Waals surface area contributed by atoms with Crippen LogP contribution in [0.15, 0.2) is 60.7 Å². The van der Waals surface area contributed by atoms with Gasteiger partial charge in [-0.1, -0.05) is 88.4 Å². The third kappa shape index (κ3) is 10.1. The van der Waals surface area contributed by atoms with E-state index in [0.717, 1.165) is 37.1 Å². The number of likely N-dealkylation sites (tertiary alicyclic amines) is 1. The number of carbonyl (C=O) groups excluding carboxylic acids is 3. The number of rotatable bonds is 12. The Labute approximate surface area is 398 Å². The van der Waals surface area contributed by atoms with Crippen molar-refractivity contribution >= 4 is 32.5 Å². The maximum absolute atomic E-state index is 12.9. The Morgan fingerprint density at radius 1 is 0.701 bits per heavy atom. The zero-order valence-corrected chi connectivity index (χ0v) is 41.2. The van der Waals surface area contributed by atoms with Gasteiger partial charge in [-0.25, -0.2) is 14.4 Å². The van der Waals surface area contributed by atoms with Crippen LogP contribution in [-0.2, 0) is 45.7 Å². The van der Waals surface area contributed by atoms with E-state index in [1.165, 1.54) is 12.8 Å². The Morgan fingerprint density at radius 2 is 1.13 bits per heavy atom. The van der Waals surface area contributed by atoms with Crippen LogP contribution in [0.4, 0.5) is 14.4 Å². The number of nitrogens with zero attached hydrogens (tertiary/aromatic N) is 1. The minimum absolute atomic E-state index is 0.0300. The van der Waals surface area contributed by atoms with Crippen LogP contribution >= 0.6 is 0 Å². The molecule has 0 radical (unpaired) electrons. The lowest BCUT2D eigenvalue weighted by Gasteiger charge is -2.63. The molecule has 16 heteroatoms. The third-order valence-electron chi connectivity index (χ3n) is 16.9. The molecule has 67 heavy (non-hydrogen) atoms. The van der Waals surface area contributed by atoms with Crippen molar-refractivity contribution in [1.82, 2.24) is 20.9 Å². The Balaban J connectivity index is 0.000000171. The molecule has 4 heterocycles. The standard InChI is InChI=1S/C28H41BN2O6.C23H33BN2O4/c1-26(2,3)35-25(33)31-15-19(16-31)17-34-24(32)30-22(12-18-10-8-7-9-11-18)29-36-23-21-13-20(27(21,4)5)14-28(23,6)37-29;1-22(2)17-10-18(22)20-23(3,11-17)30-24(29-20)19(9-15-7-5-4-6-8-15)26-21(27)28-14-16-12-25-13-16/h7-11,19-23H,12-17H2,1-6H3,(H,30,32);4-8,16-20,25H,9-14H2,1-3H3,(H,26,27)/t20-,21+,22-,23-,28+;17-,18+,19-,20-,23+/m00/s1. The average molecular weight is 925 g/mol. The topological polar surface area (TPSA) is 155 Å². The maximum atomic E-state index is 12.9. The van der Waals surface area contributed by atoms with Crippen LogP contribution in [0.25, 0.3) is 0 Å². The summed E-state index contributed by atoms with van der Waals surface area (Å²) in [5.41, 5.74) is 1.68. The zero-order valence-electron chi connectivity index (χ0n) is 41.2. The number of amides is 3. The zero-order chi connectivity index (χ0) is 47.5. The largest absolute Gasteiger partial charge is 0.482 e. The number of carbonyl (C=O) groups is 3. The Morgan fingerprint density at radius 3 is 1.52 bits per heavy atom. The van der Waals surface area contributed by atoms with E-state index >= 15 is 0 Å². The third-order valence-corrected chi connectivity index (χ3v) is 16.9. The van der Waals surface area contributed by atoms with Crippen molar-refractivity contribution in [1.29, 1.82) is 0 Å².